The molecule has 2 N–H and O–H groups in total. The Labute approximate surface area is 98.9 Å². The van der Waals surface area contributed by atoms with Crippen molar-refractivity contribution in [1.82, 2.24) is 0 Å². The minimum atomic E-state index is -5.12. The summed E-state index contributed by atoms with van der Waals surface area (Å²) in [5.41, 5.74) is 0.451. The van der Waals surface area contributed by atoms with Gasteiger partial charge in [-0.25, -0.2) is 4.79 Å². The Morgan fingerprint density at radius 1 is 1.18 bits per heavy atom. The average molecular weight is 292 g/mol. The van der Waals surface area contributed by atoms with Gasteiger partial charge in [-0.3, -0.25) is 9.11 Å². The molecule has 0 atom stereocenters. The van der Waals surface area contributed by atoms with Crippen LogP contribution < -0.4 is 0 Å². The zero-order valence-electron chi connectivity index (χ0n) is 8.98. The molecule has 0 fully saturated rings. The van der Waals surface area contributed by atoms with Crippen LogP contribution in [0.4, 0.5) is 0 Å². The van der Waals surface area contributed by atoms with Crippen LogP contribution in [0.3, 0.4) is 0 Å². The average Bonchev–Trinajstić information content (AvgIpc) is 1.98. The van der Waals surface area contributed by atoms with Crippen molar-refractivity contribution in [2.75, 3.05) is 6.61 Å². The molecule has 0 aromatic carbocycles. The van der Waals surface area contributed by atoms with E-state index in [1.807, 2.05) is 0 Å². The normalized spacial score (nSPS) is 11.1. The summed E-state index contributed by atoms with van der Waals surface area (Å²) in [6.45, 7) is 7.21. The van der Waals surface area contributed by atoms with E-state index in [2.05, 4.69) is 14.9 Å². The molecule has 0 unspecified atom stereocenters. The Kier molecular flexibility index (Phi) is 7.93. The lowest BCUT2D eigenvalue weighted by Crippen LogP contribution is -2.10. The van der Waals surface area contributed by atoms with Gasteiger partial charge < -0.3 is 4.74 Å². The second-order valence-corrected chi connectivity index (χ2v) is 4.68. The molecule has 0 spiro atoms. The van der Waals surface area contributed by atoms with Crippen LogP contribution in [0.25, 0.3) is 0 Å². The van der Waals surface area contributed by atoms with Crippen molar-refractivity contribution in [1.29, 1.82) is 0 Å². The van der Waals surface area contributed by atoms with Crippen LogP contribution in [-0.4, -0.2) is 38.5 Å². The summed E-state index contributed by atoms with van der Waals surface area (Å²) >= 11 is 0. The van der Waals surface area contributed by atoms with Crippen molar-refractivity contribution in [3.8, 4) is 0 Å². The number of ether oxygens (including phenoxy) is 1. The highest BCUT2D eigenvalue weighted by molar-refractivity contribution is 7.94. The van der Waals surface area contributed by atoms with E-state index in [9.17, 15) is 21.6 Å². The van der Waals surface area contributed by atoms with Crippen molar-refractivity contribution in [3.05, 3.63) is 12.2 Å². The fourth-order valence-corrected chi connectivity index (χ4v) is 1.23. The van der Waals surface area contributed by atoms with Crippen LogP contribution >= 0.6 is 0 Å². The van der Waals surface area contributed by atoms with Crippen LogP contribution in [-0.2, 0) is 34.0 Å². The Morgan fingerprint density at radius 2 is 1.53 bits per heavy atom. The maximum absolute atomic E-state index is 10.4. The smallest absolute Gasteiger partial charge is 0.413 e. The first kappa shape index (κ1) is 18.4. The molecule has 0 saturated heterocycles. The van der Waals surface area contributed by atoms with Gasteiger partial charge in [0.25, 0.3) is 0 Å². The van der Waals surface area contributed by atoms with Crippen LogP contribution in [0, 0.1) is 0 Å². The van der Waals surface area contributed by atoms with E-state index in [1.165, 1.54) is 0 Å². The second-order valence-electron chi connectivity index (χ2n) is 2.42. The van der Waals surface area contributed by atoms with Gasteiger partial charge in [0.1, 0.15) is 0 Å². The van der Waals surface area contributed by atoms with Gasteiger partial charge in [-0.15, -0.1) is 3.63 Å². The zero-order valence-corrected chi connectivity index (χ0v) is 10.6. The molecule has 11 heteroatoms. The maximum Gasteiger partial charge on any atom is 0.413 e. The molecule has 0 radical (unpaired) electrons. The summed E-state index contributed by atoms with van der Waals surface area (Å²) in [4.78, 5) is 10.4. The second kappa shape index (κ2) is 7.34. The molecule has 0 bridgehead atoms. The van der Waals surface area contributed by atoms with E-state index < -0.39 is 20.8 Å². The standard InChI is InChI=1S/C6H10O2.H2O7S2/c1-4-8-6(7)5(2)3;1-8(2,3)7-9(4,5)6/h2,4H2,1,3H3;(H,1,2,3)(H,4,5,6). The molecule has 0 aromatic heterocycles. The lowest BCUT2D eigenvalue weighted by molar-refractivity contribution is -0.138. The SMILES string of the molecule is C=C(C)C(=O)OCC.O=S(=O)(O)OS(=O)(=O)O. The van der Waals surface area contributed by atoms with Crippen LogP contribution in [0.15, 0.2) is 12.2 Å². The zero-order chi connectivity index (χ0) is 14.3. The fraction of sp³-hybridized carbons (Fsp3) is 0.500. The first-order valence-electron chi connectivity index (χ1n) is 3.87. The van der Waals surface area contributed by atoms with E-state index in [0.717, 1.165) is 0 Å². The highest BCUT2D eigenvalue weighted by Gasteiger charge is 2.15. The Hall–Kier alpha value is -1.01. The van der Waals surface area contributed by atoms with Gasteiger partial charge in [0.05, 0.1) is 6.61 Å². The largest absolute Gasteiger partial charge is 0.463 e. The molecule has 0 aromatic rings. The highest BCUT2D eigenvalue weighted by Crippen LogP contribution is 1.92. The van der Waals surface area contributed by atoms with Crippen LogP contribution in [0.2, 0.25) is 0 Å². The summed E-state index contributed by atoms with van der Waals surface area (Å²) in [5.74, 6) is -0.312. The van der Waals surface area contributed by atoms with E-state index in [4.69, 9.17) is 9.11 Å². The fourth-order valence-electron chi connectivity index (χ4n) is 0.363. The third-order valence-corrected chi connectivity index (χ3v) is 2.17. The quantitative estimate of drug-likeness (QED) is 0.406. The molecule has 0 aliphatic heterocycles. The lowest BCUT2D eigenvalue weighted by atomic mass is 10.4. The van der Waals surface area contributed by atoms with Crippen molar-refractivity contribution in [2.24, 2.45) is 0 Å². The monoisotopic (exact) mass is 292 g/mol. The lowest BCUT2D eigenvalue weighted by Gasteiger charge is -1.96. The molecular weight excluding hydrogens is 280 g/mol. The summed E-state index contributed by atoms with van der Waals surface area (Å²) < 4.78 is 60.1. The third kappa shape index (κ3) is 17.6. The summed E-state index contributed by atoms with van der Waals surface area (Å²) in [7, 11) is -10.2. The number of esters is 1. The van der Waals surface area contributed by atoms with Crippen molar-refractivity contribution < 1.29 is 39.1 Å². The molecule has 17 heavy (non-hydrogen) atoms. The summed E-state index contributed by atoms with van der Waals surface area (Å²) in [6, 6.07) is 0. The number of rotatable bonds is 4. The van der Waals surface area contributed by atoms with Gasteiger partial charge >= 0.3 is 26.8 Å². The highest BCUT2D eigenvalue weighted by atomic mass is 32.3. The van der Waals surface area contributed by atoms with Crippen LogP contribution in [0.5, 0.6) is 0 Å². The van der Waals surface area contributed by atoms with Crippen molar-refractivity contribution in [3.63, 3.8) is 0 Å². The van der Waals surface area contributed by atoms with Gasteiger partial charge in [0.2, 0.25) is 0 Å². The molecule has 0 rings (SSSR count). The Morgan fingerprint density at radius 3 is 1.59 bits per heavy atom. The number of carbonyl (C=O) groups excluding carboxylic acids is 1. The number of carbonyl (C=O) groups is 1. The number of hydrogen-bond donors (Lipinski definition) is 2. The molecule has 0 heterocycles. The minimum absolute atomic E-state index is 0.312. The van der Waals surface area contributed by atoms with E-state index in [-0.39, 0.29) is 5.97 Å². The minimum Gasteiger partial charge on any atom is -0.463 e. The molecule has 0 amide bonds. The van der Waals surface area contributed by atoms with E-state index in [1.54, 1.807) is 13.8 Å². The van der Waals surface area contributed by atoms with E-state index in [0.29, 0.717) is 12.2 Å². The summed E-state index contributed by atoms with van der Waals surface area (Å²) in [5, 5.41) is 0. The van der Waals surface area contributed by atoms with Gasteiger partial charge in [-0.05, 0) is 13.8 Å². The Bertz CT molecular complexity index is 428. The molecule has 9 nitrogen and oxygen atoms in total. The van der Waals surface area contributed by atoms with Crippen LogP contribution in [0.1, 0.15) is 13.8 Å². The molecule has 102 valence electrons. The first-order chi connectivity index (χ1) is 7.39. The van der Waals surface area contributed by atoms with Gasteiger partial charge in [0, 0.05) is 5.57 Å². The predicted molar refractivity (Wildman–Crippen MR) is 55.6 cm³/mol. The molecule has 0 aliphatic carbocycles. The van der Waals surface area contributed by atoms with Gasteiger partial charge in [-0.1, -0.05) is 6.58 Å². The van der Waals surface area contributed by atoms with Crippen molar-refractivity contribution >= 4 is 26.8 Å². The van der Waals surface area contributed by atoms with Gasteiger partial charge in [0.15, 0.2) is 0 Å². The topological polar surface area (TPSA) is 144 Å². The Balaban J connectivity index is 0. The predicted octanol–water partition coefficient (Wildman–Crippen LogP) is -0.266. The maximum atomic E-state index is 10.4. The molecular formula is C6H12O9S2. The van der Waals surface area contributed by atoms with E-state index >= 15 is 0 Å². The summed E-state index contributed by atoms with van der Waals surface area (Å²) in [6.07, 6.45) is 0. The molecule has 0 aliphatic rings. The van der Waals surface area contributed by atoms with Crippen molar-refractivity contribution in [2.45, 2.75) is 13.8 Å². The van der Waals surface area contributed by atoms with Gasteiger partial charge in [-0.2, -0.15) is 16.8 Å². The third-order valence-electron chi connectivity index (χ3n) is 0.796. The number of hydrogen-bond acceptors (Lipinski definition) is 7. The molecule has 0 saturated carbocycles. The first-order valence-corrected chi connectivity index (χ1v) is 6.60.